The van der Waals surface area contributed by atoms with Gasteiger partial charge in [-0.05, 0) is 53.1 Å². The number of hydrogen-bond donors (Lipinski definition) is 0. The van der Waals surface area contributed by atoms with Crippen LogP contribution in [-0.4, -0.2) is 9.97 Å². The third kappa shape index (κ3) is 4.27. The van der Waals surface area contributed by atoms with Crippen molar-refractivity contribution in [2.75, 3.05) is 0 Å². The van der Waals surface area contributed by atoms with Crippen LogP contribution in [0.3, 0.4) is 0 Å². The van der Waals surface area contributed by atoms with Gasteiger partial charge in [-0.25, -0.2) is 9.97 Å². The fourth-order valence-corrected chi connectivity index (χ4v) is 8.04. The van der Waals surface area contributed by atoms with Crippen LogP contribution in [0.1, 0.15) is 0 Å². The van der Waals surface area contributed by atoms with E-state index in [0.29, 0.717) is 0 Å². The Hall–Kier alpha value is -6.10. The van der Waals surface area contributed by atoms with Crippen LogP contribution in [0.4, 0.5) is 0 Å². The second-order valence-electron chi connectivity index (χ2n) is 12.1. The summed E-state index contributed by atoms with van der Waals surface area (Å²) in [6, 6.07) is 55.5. The van der Waals surface area contributed by atoms with E-state index in [1.165, 1.54) is 15.6 Å². The summed E-state index contributed by atoms with van der Waals surface area (Å²) in [5.41, 5.74) is 11.5. The maximum Gasteiger partial charge on any atom is 0.136 e. The molecule has 3 heterocycles. The molecule has 0 amide bonds. The van der Waals surface area contributed by atoms with Crippen LogP contribution >= 0.6 is 11.3 Å². The lowest BCUT2D eigenvalue weighted by Crippen LogP contribution is -1.93. The minimum absolute atomic E-state index is 0.865. The number of nitrogens with zero attached hydrogens (tertiary/aromatic N) is 2. The molecule has 3 nitrogen and oxygen atoms in total. The average Bonchev–Trinajstić information content (AvgIpc) is 3.76. The summed E-state index contributed by atoms with van der Waals surface area (Å²) in [5.74, 6) is 0. The van der Waals surface area contributed by atoms with Crippen LogP contribution in [0.15, 0.2) is 162 Å². The standard InChI is InChI=1S/C44H26N2OS/c1-2-11-28(12-3-1)40-41-32-15-4-6-17-35(32)45-43(34(41)26-38-42(40)33-16-5-8-19-37(33)47-38)29-23-21-27(22-24-29)30-13-10-14-31(25-30)44-46-36-18-7-9-20-39(36)48-44/h1-26H. The highest BCUT2D eigenvalue weighted by molar-refractivity contribution is 7.21. The van der Waals surface area contributed by atoms with Crippen molar-refractivity contribution < 1.29 is 4.42 Å². The topological polar surface area (TPSA) is 38.9 Å². The second-order valence-corrected chi connectivity index (χ2v) is 13.2. The van der Waals surface area contributed by atoms with Gasteiger partial charge in [0.25, 0.3) is 0 Å². The monoisotopic (exact) mass is 630 g/mol. The Labute approximate surface area is 280 Å². The highest BCUT2D eigenvalue weighted by Gasteiger charge is 2.21. The van der Waals surface area contributed by atoms with Gasteiger partial charge in [-0.2, -0.15) is 0 Å². The molecule has 10 rings (SSSR count). The van der Waals surface area contributed by atoms with Crippen molar-refractivity contribution >= 4 is 65.2 Å². The molecule has 0 aliphatic carbocycles. The van der Waals surface area contributed by atoms with E-state index in [-0.39, 0.29) is 0 Å². The summed E-state index contributed by atoms with van der Waals surface area (Å²) in [4.78, 5) is 10.2. The van der Waals surface area contributed by atoms with Crippen molar-refractivity contribution in [3.05, 3.63) is 158 Å². The summed E-state index contributed by atoms with van der Waals surface area (Å²) in [5, 5.41) is 6.68. The number of rotatable bonds is 4. The first-order valence-corrected chi connectivity index (χ1v) is 16.9. The molecular formula is C44H26N2OS. The van der Waals surface area contributed by atoms with E-state index in [0.717, 1.165) is 82.3 Å². The molecule has 0 radical (unpaired) electrons. The summed E-state index contributed by atoms with van der Waals surface area (Å²) < 4.78 is 7.74. The Morgan fingerprint density at radius 1 is 0.417 bits per heavy atom. The Morgan fingerprint density at radius 2 is 1.10 bits per heavy atom. The van der Waals surface area contributed by atoms with Crippen molar-refractivity contribution in [1.82, 2.24) is 9.97 Å². The molecule has 0 atom stereocenters. The molecule has 3 aromatic heterocycles. The van der Waals surface area contributed by atoms with Crippen LogP contribution in [0, 0.1) is 0 Å². The highest BCUT2D eigenvalue weighted by atomic mass is 32.1. The SMILES string of the molecule is c1ccc(-c2c3c(cc4c(-c5ccc(-c6cccc(-c7nc8ccccc8s7)c6)cc5)nc5ccccc5c24)oc2ccccc23)cc1. The predicted molar refractivity (Wildman–Crippen MR) is 201 cm³/mol. The van der Waals surface area contributed by atoms with E-state index in [9.17, 15) is 0 Å². The number of hydrogen-bond acceptors (Lipinski definition) is 4. The van der Waals surface area contributed by atoms with E-state index in [2.05, 4.69) is 146 Å². The lowest BCUT2D eigenvalue weighted by molar-refractivity contribution is 0.669. The largest absolute Gasteiger partial charge is 0.456 e. The molecule has 0 saturated heterocycles. The van der Waals surface area contributed by atoms with Crippen molar-refractivity contribution in [1.29, 1.82) is 0 Å². The number of benzene rings is 7. The van der Waals surface area contributed by atoms with Crippen molar-refractivity contribution in [3.63, 3.8) is 0 Å². The Balaban J connectivity index is 1.17. The van der Waals surface area contributed by atoms with Gasteiger partial charge in [-0.3, -0.25) is 0 Å². The van der Waals surface area contributed by atoms with E-state index in [1.807, 2.05) is 12.1 Å². The van der Waals surface area contributed by atoms with Gasteiger partial charge < -0.3 is 4.42 Å². The molecule has 0 fully saturated rings. The molecule has 7 aromatic carbocycles. The van der Waals surface area contributed by atoms with E-state index < -0.39 is 0 Å². The average molecular weight is 631 g/mol. The molecular weight excluding hydrogens is 605 g/mol. The Bertz CT molecular complexity index is 2800. The van der Waals surface area contributed by atoms with Gasteiger partial charge >= 0.3 is 0 Å². The number of para-hydroxylation sites is 3. The molecule has 0 spiro atoms. The molecule has 4 heteroatoms. The van der Waals surface area contributed by atoms with Gasteiger partial charge in [0.15, 0.2) is 0 Å². The van der Waals surface area contributed by atoms with Crippen molar-refractivity contribution in [2.45, 2.75) is 0 Å². The fraction of sp³-hybridized carbons (Fsp3) is 0. The van der Waals surface area contributed by atoms with E-state index in [1.54, 1.807) is 11.3 Å². The van der Waals surface area contributed by atoms with Crippen LogP contribution in [-0.2, 0) is 0 Å². The first kappa shape index (κ1) is 27.1. The van der Waals surface area contributed by atoms with Gasteiger partial charge in [0.2, 0.25) is 0 Å². The van der Waals surface area contributed by atoms with Crippen LogP contribution in [0.25, 0.3) is 97.9 Å². The lowest BCUT2D eigenvalue weighted by atomic mass is 9.89. The van der Waals surface area contributed by atoms with Crippen LogP contribution in [0.2, 0.25) is 0 Å². The van der Waals surface area contributed by atoms with Gasteiger partial charge in [0.05, 0.1) is 21.4 Å². The predicted octanol–water partition coefficient (Wildman–Crippen LogP) is 12.6. The highest BCUT2D eigenvalue weighted by Crippen LogP contribution is 2.46. The molecule has 0 N–H and O–H groups in total. The van der Waals surface area contributed by atoms with Gasteiger partial charge in [-0.15, -0.1) is 11.3 Å². The quantitative estimate of drug-likeness (QED) is 0.182. The van der Waals surface area contributed by atoms with Gasteiger partial charge in [0, 0.05) is 43.6 Å². The molecule has 48 heavy (non-hydrogen) atoms. The van der Waals surface area contributed by atoms with Gasteiger partial charge in [0.1, 0.15) is 16.2 Å². The Morgan fingerprint density at radius 3 is 1.96 bits per heavy atom. The summed E-state index contributed by atoms with van der Waals surface area (Å²) in [7, 11) is 0. The molecule has 0 saturated carbocycles. The molecule has 10 aromatic rings. The zero-order chi connectivity index (χ0) is 31.6. The van der Waals surface area contributed by atoms with E-state index >= 15 is 0 Å². The third-order valence-corrected chi connectivity index (χ3v) is 10.4. The molecule has 0 unspecified atom stereocenters. The fourth-order valence-electron chi connectivity index (χ4n) is 7.08. The smallest absolute Gasteiger partial charge is 0.136 e. The third-order valence-electron chi connectivity index (χ3n) is 9.29. The number of fused-ring (bicyclic) bond motifs is 7. The lowest BCUT2D eigenvalue weighted by Gasteiger charge is -2.16. The molecule has 0 bridgehead atoms. The van der Waals surface area contributed by atoms with E-state index in [4.69, 9.17) is 14.4 Å². The minimum atomic E-state index is 0.865. The number of aromatic nitrogens is 2. The Kier molecular flexibility index (Phi) is 6.05. The first-order chi connectivity index (χ1) is 23.8. The van der Waals surface area contributed by atoms with Crippen molar-refractivity contribution in [2.24, 2.45) is 0 Å². The number of furan rings is 1. The maximum atomic E-state index is 6.54. The summed E-state index contributed by atoms with van der Waals surface area (Å²) >= 11 is 1.73. The van der Waals surface area contributed by atoms with Crippen molar-refractivity contribution in [3.8, 4) is 44.1 Å². The first-order valence-electron chi connectivity index (χ1n) is 16.1. The maximum absolute atomic E-state index is 6.54. The van der Waals surface area contributed by atoms with Gasteiger partial charge in [-0.1, -0.05) is 121 Å². The summed E-state index contributed by atoms with van der Waals surface area (Å²) in [6.45, 7) is 0. The minimum Gasteiger partial charge on any atom is -0.456 e. The van der Waals surface area contributed by atoms with Crippen LogP contribution in [0.5, 0.6) is 0 Å². The normalized spacial score (nSPS) is 11.8. The summed E-state index contributed by atoms with van der Waals surface area (Å²) in [6.07, 6.45) is 0. The number of thiazole rings is 1. The zero-order valence-corrected chi connectivity index (χ0v) is 26.5. The second kappa shape index (κ2) is 10.7. The molecule has 0 aliphatic rings. The number of pyridine rings is 1. The zero-order valence-electron chi connectivity index (χ0n) is 25.7. The molecule has 224 valence electrons. The van der Waals surface area contributed by atoms with Crippen LogP contribution < -0.4 is 0 Å². The molecule has 0 aliphatic heterocycles.